The van der Waals surface area contributed by atoms with Crippen molar-refractivity contribution < 1.29 is 113 Å². The van der Waals surface area contributed by atoms with Crippen molar-refractivity contribution in [1.82, 2.24) is 42.5 Å². The molecule has 118 heavy (non-hydrogen) atoms. The summed E-state index contributed by atoms with van der Waals surface area (Å²) in [4.78, 5) is 119. The van der Waals surface area contributed by atoms with Crippen molar-refractivity contribution in [3.8, 4) is 57.1 Å². The Morgan fingerprint density at radius 3 is 1.89 bits per heavy atom. The Morgan fingerprint density at radius 1 is 0.695 bits per heavy atom. The van der Waals surface area contributed by atoms with Crippen LogP contribution in [0.25, 0.3) is 11.1 Å². The van der Waals surface area contributed by atoms with Gasteiger partial charge < -0.3 is 134 Å². The molecule has 5 aromatic rings. The number of aliphatic carboxylic acids is 1. The second kappa shape index (κ2) is 40.9. The van der Waals surface area contributed by atoms with Gasteiger partial charge in [-0.2, -0.15) is 11.8 Å². The molecule has 34 nitrogen and oxygen atoms in total. The molecule has 0 saturated carbocycles. The van der Waals surface area contributed by atoms with E-state index in [1.54, 1.807) is 11.8 Å². The highest BCUT2D eigenvalue weighted by atomic mass is 35.5. The zero-order chi connectivity index (χ0) is 85.7. The van der Waals surface area contributed by atoms with Crippen molar-refractivity contribution in [3.05, 3.63) is 116 Å². The number of ether oxygens (including phenoxy) is 6. The lowest BCUT2D eigenvalue weighted by atomic mass is 9.86. The fraction of sp³-hybridized carbons (Fsp3) is 0.531. The number of unbranched alkanes of at least 4 members (excludes halogenated alkanes) is 9. The predicted octanol–water partition coefficient (Wildman–Crippen LogP) is 4.82. The van der Waals surface area contributed by atoms with Crippen LogP contribution in [0.1, 0.15) is 182 Å². The van der Waals surface area contributed by atoms with Crippen LogP contribution in [0.5, 0.6) is 46.0 Å². The van der Waals surface area contributed by atoms with Crippen molar-refractivity contribution in [2.45, 2.75) is 234 Å². The Morgan fingerprint density at radius 2 is 1.30 bits per heavy atom. The summed E-state index contributed by atoms with van der Waals surface area (Å²) in [6, 6.07) is -0.955. The summed E-state index contributed by atoms with van der Waals surface area (Å²) < 4.78 is 38.9. The number of aliphatic hydroxyl groups excluding tert-OH is 5. The number of carbonyl (C=O) groups is 8. The Hall–Kier alpha value is -8.89. The second-order valence-corrected chi connectivity index (χ2v) is 33.0. The molecule has 12 rings (SSSR count). The fourth-order valence-corrected chi connectivity index (χ4v) is 16.3. The van der Waals surface area contributed by atoms with E-state index in [4.69, 9.17) is 68.8 Å². The lowest BCUT2D eigenvalue weighted by Crippen LogP contribution is -2.65. The van der Waals surface area contributed by atoms with Crippen molar-refractivity contribution in [1.29, 1.82) is 0 Å². The van der Waals surface area contributed by atoms with Gasteiger partial charge in [0.25, 0.3) is 0 Å². The maximum atomic E-state index is 16.3. The number of primary amides is 1. The molecule has 5 aromatic carbocycles. The smallest absolute Gasteiger partial charge is 0.330 e. The first-order valence-corrected chi connectivity index (χ1v) is 41.4. The molecule has 0 aromatic heterocycles. The van der Waals surface area contributed by atoms with Gasteiger partial charge in [-0.3, -0.25) is 33.6 Å². The molecule has 644 valence electrons. The molecule has 11 bridgehead atoms. The number of carbonyl (C=O) groups excluding carboxylic acids is 7. The van der Waals surface area contributed by atoms with Gasteiger partial charge in [0, 0.05) is 54.0 Å². The number of carboxylic acid groups (broad SMARTS) is 1. The predicted molar refractivity (Wildman–Crippen MR) is 432 cm³/mol. The van der Waals surface area contributed by atoms with E-state index in [2.05, 4.69) is 49.5 Å². The van der Waals surface area contributed by atoms with Crippen molar-refractivity contribution in [2.75, 3.05) is 31.6 Å². The van der Waals surface area contributed by atoms with Gasteiger partial charge in [0.15, 0.2) is 29.9 Å². The number of aromatic hydroxyl groups is 3. The van der Waals surface area contributed by atoms with Crippen LogP contribution in [0, 0.1) is 5.92 Å². The number of aliphatic hydroxyl groups is 5. The molecule has 0 spiro atoms. The highest BCUT2D eigenvalue weighted by molar-refractivity contribution is 7.99. The molecular weight excluding hydrogens is 1600 g/mol. The molecule has 23 N–H and O–H groups in total. The highest BCUT2D eigenvalue weighted by Gasteiger charge is 2.52. The average Bonchev–Trinajstić information content (AvgIpc) is 0.758. The van der Waals surface area contributed by atoms with E-state index in [0.717, 1.165) is 79.6 Å². The quantitative estimate of drug-likeness (QED) is 0.0285. The van der Waals surface area contributed by atoms with Gasteiger partial charge in [-0.1, -0.05) is 120 Å². The fourth-order valence-electron chi connectivity index (χ4n) is 14.9. The van der Waals surface area contributed by atoms with Crippen molar-refractivity contribution in [2.24, 2.45) is 23.1 Å². The molecule has 7 heterocycles. The first kappa shape index (κ1) is 91.4. The van der Waals surface area contributed by atoms with E-state index in [9.17, 15) is 60.3 Å². The van der Waals surface area contributed by atoms with E-state index in [1.807, 2.05) is 13.8 Å². The first-order chi connectivity index (χ1) is 56.1. The van der Waals surface area contributed by atoms with Crippen molar-refractivity contribution >= 4 is 82.3 Å². The molecule has 7 aliphatic rings. The second-order valence-electron chi connectivity index (χ2n) is 31.0. The van der Waals surface area contributed by atoms with Gasteiger partial charge in [-0.25, -0.2) is 4.79 Å². The van der Waals surface area contributed by atoms with Crippen molar-refractivity contribution in [3.63, 3.8) is 0 Å². The van der Waals surface area contributed by atoms with Crippen LogP contribution in [-0.4, -0.2) is 204 Å². The number of phenolic OH excluding ortho intramolecular Hbond substituents is 3. The van der Waals surface area contributed by atoms with Crippen LogP contribution in [0.15, 0.2) is 72.8 Å². The maximum absolute atomic E-state index is 16.3. The minimum atomic E-state index is -2.34. The Kier molecular flexibility index (Phi) is 31.7. The minimum Gasteiger partial charge on any atom is -0.507 e. The van der Waals surface area contributed by atoms with E-state index in [1.165, 1.54) is 84.0 Å². The molecule has 0 aliphatic carbocycles. The van der Waals surface area contributed by atoms with Gasteiger partial charge in [-0.05, 0) is 122 Å². The number of hydrogen-bond donors (Lipinski definition) is 20. The number of likely N-dealkylation sites (N-methyl/N-ethyl adjacent to an activating group) is 1. The van der Waals surface area contributed by atoms with Gasteiger partial charge >= 0.3 is 5.97 Å². The molecule has 18 atom stereocenters. The number of hydrogen-bond acceptors (Lipinski definition) is 27. The van der Waals surface area contributed by atoms with Gasteiger partial charge in [0.2, 0.25) is 53.4 Å². The minimum absolute atomic E-state index is 0.0979. The van der Waals surface area contributed by atoms with Gasteiger partial charge in [-0.15, -0.1) is 0 Å². The van der Waals surface area contributed by atoms with E-state index < -0.39 is 231 Å². The van der Waals surface area contributed by atoms with Crippen LogP contribution >= 0.6 is 35.0 Å². The summed E-state index contributed by atoms with van der Waals surface area (Å²) in [5.41, 5.74) is 14.3. The Labute approximate surface area is 696 Å². The molecule has 2 fully saturated rings. The molecule has 0 unspecified atom stereocenters. The number of fused-ring (bicyclic) bond motifs is 15. The zero-order valence-electron chi connectivity index (χ0n) is 66.2. The molecule has 0 radical (unpaired) electrons. The van der Waals surface area contributed by atoms with Crippen LogP contribution in [0.4, 0.5) is 0 Å². The van der Waals surface area contributed by atoms with Crippen LogP contribution < -0.4 is 73.9 Å². The number of nitrogens with two attached hydrogens (primary N) is 3. The number of rotatable bonds is 29. The topological polar surface area (TPSA) is 548 Å². The monoisotopic (exact) mass is 1700 g/mol. The standard InChI is InChI=1S/C81H107Cl2N11O23S/c1-7-8-9-10-11-12-13-14-15-16-24-118-25-23-88-36-45-51(96)32-44-59(67(45)100)43-27-39(17-20-50(43)95)60-75(106)94-64(78(109)92-62(44)79(110)111)66(99)41-19-22-53(47(83)29-41)114-55-31-42-30-54(70(55)117-80-71(69(102)68(101)56(35-84)115-80)116-58-34-81(5,86)72(103)38(4)112-58)113-52-21-18-40(28-46(52)82)65(98)63(93-73(104)48(87-6)26-37(2)3)77(108)89-49(33-57(85)97)74(105)90-61(42)76(107)91-60/h17-22,27-32,37-38,48-49,56,58,60-66,68-69,71-72,80,87-88,95-96,98-103H,7-16,23-26,33-36,84,86H2,1-6H3,(H2,85,97)(H,89,108)(H,90,105)(H,91,107)(H,92,109)(H,93,104)(H,94,106)(H,110,111)/t38-,48+,49-,56+,58-,60+,61+,62-,63+,64-,65+,66+,68+,69-,71+,72+,80-,81-/m0/s1. The Bertz CT molecular complexity index is 4450. The third-order valence-electron chi connectivity index (χ3n) is 21.5. The summed E-state index contributed by atoms with van der Waals surface area (Å²) in [7, 11) is 1.49. The Balaban J connectivity index is 1.15. The molecule has 2 saturated heterocycles. The molecule has 7 amide bonds. The summed E-state index contributed by atoms with van der Waals surface area (Å²) in [5.74, 6) is -14.1. The number of halogens is 2. The molecular formula is C81H107Cl2N11O23S. The average molecular weight is 1710 g/mol. The SMILES string of the molecule is CCCCCCCCCCCCSCCNCc1c(O)cc2c(c1O)-c1cc(ccc1O)[C@H]1NC(=O)[C@@H]3NC(=O)[C@H](CC(N)=O)NC(=O)[C@H](NC(=O)[C@@H](CC(C)C)NC)[C@H](O)c4ccc(c(Cl)c4)Oc4cc3cc(c4O[C@@H]3O[C@H](CN)[C@@H](O)[C@H](O)[C@H]3O[C@H]3C[C@](C)(N)[C@H](O)[C@H](C)O3)Oc3ccc(cc3Cl)[C@@H](O)[C@H](NC1=O)C(=O)N[C@@H]2C(=O)O. The van der Waals surface area contributed by atoms with Crippen LogP contribution in [-0.2, 0) is 59.1 Å². The summed E-state index contributed by atoms with van der Waals surface area (Å²) in [6.07, 6.45) is -6.15. The van der Waals surface area contributed by atoms with Gasteiger partial charge in [0.05, 0.1) is 40.3 Å². The maximum Gasteiger partial charge on any atom is 0.330 e. The summed E-state index contributed by atoms with van der Waals surface area (Å²) >= 11 is 16.0. The first-order valence-electron chi connectivity index (χ1n) is 39.5. The summed E-state index contributed by atoms with van der Waals surface area (Å²) in [5, 5.41) is 127. The largest absolute Gasteiger partial charge is 0.507 e. The third kappa shape index (κ3) is 22.0. The van der Waals surface area contributed by atoms with Crippen LogP contribution in [0.2, 0.25) is 10.0 Å². The van der Waals surface area contributed by atoms with Gasteiger partial charge in [0.1, 0.15) is 89.5 Å². The van der Waals surface area contributed by atoms with E-state index in [-0.39, 0.29) is 64.1 Å². The number of amides is 7. The zero-order valence-corrected chi connectivity index (χ0v) is 68.5. The summed E-state index contributed by atoms with van der Waals surface area (Å²) in [6.45, 7) is 8.54. The van der Waals surface area contributed by atoms with E-state index in [0.29, 0.717) is 12.3 Å². The number of thioether (sulfide) groups is 1. The lowest BCUT2D eigenvalue weighted by molar-refractivity contribution is -0.330. The number of phenols is 3. The lowest BCUT2D eigenvalue weighted by Gasteiger charge is -2.47. The van der Waals surface area contributed by atoms with E-state index >= 15 is 24.0 Å². The normalized spacial score (nSPS) is 26.9. The molecule has 37 heteroatoms. The number of carboxylic acids is 1. The molecule has 7 aliphatic heterocycles. The highest BCUT2D eigenvalue weighted by Crippen LogP contribution is 2.51. The third-order valence-corrected chi connectivity index (χ3v) is 23.1. The number of nitrogens with one attached hydrogen (secondary N) is 8. The number of benzene rings is 5. The van der Waals surface area contributed by atoms with Crippen LogP contribution in [0.3, 0.4) is 0 Å².